The molecule has 0 saturated heterocycles. The molecule has 1 atom stereocenters. The second kappa shape index (κ2) is 11.4. The van der Waals surface area contributed by atoms with Gasteiger partial charge >= 0.3 is 11.9 Å². The summed E-state index contributed by atoms with van der Waals surface area (Å²) >= 11 is 1.11. The van der Waals surface area contributed by atoms with Crippen LogP contribution >= 0.6 is 11.3 Å². The van der Waals surface area contributed by atoms with E-state index >= 15 is 0 Å². The predicted octanol–water partition coefficient (Wildman–Crippen LogP) is 4.06. The molecule has 214 valence electrons. The SMILES string of the molecule is CCOC(=O)C1=C(C)N=c2s/c(=C/c3ccc(-c4ccc(C(=O)OC)cc4)o3)c(=O)n2[C@@H]1c1ccc(C)c([N+](=O)[O-])c1. The predicted molar refractivity (Wildman–Crippen MR) is 154 cm³/mol. The van der Waals surface area contributed by atoms with Gasteiger partial charge in [-0.05, 0) is 50.6 Å². The molecule has 0 bridgehead atoms. The topological polar surface area (TPSA) is 143 Å². The minimum absolute atomic E-state index is 0.104. The number of esters is 2. The van der Waals surface area contributed by atoms with Gasteiger partial charge in [-0.2, -0.15) is 0 Å². The molecule has 0 spiro atoms. The molecule has 0 unspecified atom stereocenters. The Balaban J connectivity index is 1.61. The van der Waals surface area contributed by atoms with Gasteiger partial charge in [0.2, 0.25) is 0 Å². The van der Waals surface area contributed by atoms with E-state index in [0.29, 0.717) is 43.2 Å². The lowest BCUT2D eigenvalue weighted by atomic mass is 9.94. The molecule has 12 heteroatoms. The number of hydrogen-bond donors (Lipinski definition) is 0. The number of nitrogens with zero attached hydrogens (tertiary/aromatic N) is 3. The number of thiazole rings is 1. The lowest BCUT2D eigenvalue weighted by Gasteiger charge is -2.24. The van der Waals surface area contributed by atoms with Crippen molar-refractivity contribution < 1.29 is 28.4 Å². The van der Waals surface area contributed by atoms with Crippen molar-refractivity contribution >= 4 is 35.0 Å². The highest BCUT2D eigenvalue weighted by Crippen LogP contribution is 2.33. The molecule has 5 rings (SSSR count). The van der Waals surface area contributed by atoms with Gasteiger partial charge in [0.05, 0.1) is 46.0 Å². The third-order valence-corrected chi connectivity index (χ3v) is 7.74. The van der Waals surface area contributed by atoms with E-state index in [4.69, 9.17) is 13.9 Å². The van der Waals surface area contributed by atoms with Crippen molar-refractivity contribution in [2.24, 2.45) is 4.99 Å². The standard InChI is InChI=1S/C30H25N3O8S/c1-5-40-29(36)25-17(3)31-30-32(26(25)20-7-6-16(2)22(14-20)33(37)38)27(34)24(42-30)15-21-12-13-23(41-21)18-8-10-19(11-9-18)28(35)39-4/h6-15,26H,5H2,1-4H3/b24-15+/t26-/m1/s1. The third kappa shape index (κ3) is 5.19. The second-order valence-electron chi connectivity index (χ2n) is 9.38. The van der Waals surface area contributed by atoms with Gasteiger partial charge in [-0.25, -0.2) is 14.6 Å². The fraction of sp³-hybridized carbons (Fsp3) is 0.200. The number of fused-ring (bicyclic) bond motifs is 1. The van der Waals surface area contributed by atoms with E-state index in [1.54, 1.807) is 75.4 Å². The molecule has 2 aromatic carbocycles. The minimum atomic E-state index is -0.984. The van der Waals surface area contributed by atoms with Crippen LogP contribution in [0.4, 0.5) is 5.69 Å². The normalized spacial score (nSPS) is 14.8. The molecule has 0 saturated carbocycles. The average Bonchev–Trinajstić information content (AvgIpc) is 3.56. The van der Waals surface area contributed by atoms with Crippen LogP contribution < -0.4 is 14.9 Å². The van der Waals surface area contributed by atoms with E-state index in [2.05, 4.69) is 4.99 Å². The van der Waals surface area contributed by atoms with Gasteiger partial charge < -0.3 is 13.9 Å². The Labute approximate surface area is 242 Å². The van der Waals surface area contributed by atoms with Crippen molar-refractivity contribution in [3.63, 3.8) is 0 Å². The van der Waals surface area contributed by atoms with Gasteiger partial charge in [0, 0.05) is 23.3 Å². The maximum atomic E-state index is 13.8. The lowest BCUT2D eigenvalue weighted by molar-refractivity contribution is -0.385. The van der Waals surface area contributed by atoms with Crippen LogP contribution in [0.3, 0.4) is 0 Å². The van der Waals surface area contributed by atoms with Crippen LogP contribution in [0.2, 0.25) is 0 Å². The largest absolute Gasteiger partial charge is 0.465 e. The first-order valence-corrected chi connectivity index (χ1v) is 13.7. The smallest absolute Gasteiger partial charge is 0.338 e. The summed E-state index contributed by atoms with van der Waals surface area (Å²) in [5, 5.41) is 11.7. The number of rotatable bonds is 7. The number of ether oxygens (including phenoxy) is 2. The number of carbonyl (C=O) groups excluding carboxylic acids is 2. The van der Waals surface area contributed by atoms with Gasteiger partial charge in [0.25, 0.3) is 11.2 Å². The molecule has 1 aliphatic rings. The van der Waals surface area contributed by atoms with Crippen LogP contribution in [-0.2, 0) is 14.3 Å². The highest BCUT2D eigenvalue weighted by atomic mass is 32.1. The lowest BCUT2D eigenvalue weighted by Crippen LogP contribution is -2.40. The van der Waals surface area contributed by atoms with Crippen molar-refractivity contribution in [2.75, 3.05) is 13.7 Å². The number of hydrogen-bond acceptors (Lipinski definition) is 10. The highest BCUT2D eigenvalue weighted by molar-refractivity contribution is 7.07. The molecular formula is C30H25N3O8S. The van der Waals surface area contributed by atoms with Gasteiger partial charge in [-0.15, -0.1) is 0 Å². The Kier molecular flexibility index (Phi) is 7.72. The summed E-state index contributed by atoms with van der Waals surface area (Å²) in [5.41, 5.74) is 1.86. The molecule has 11 nitrogen and oxygen atoms in total. The Hall–Kier alpha value is -5.10. The number of allylic oxidation sites excluding steroid dienone is 1. The maximum Gasteiger partial charge on any atom is 0.338 e. The average molecular weight is 588 g/mol. The molecule has 3 heterocycles. The third-order valence-electron chi connectivity index (χ3n) is 6.75. The molecule has 0 N–H and O–H groups in total. The Morgan fingerprint density at radius 3 is 2.52 bits per heavy atom. The number of aryl methyl sites for hydroxylation is 1. The molecule has 0 fully saturated rings. The molecule has 0 aliphatic carbocycles. The van der Waals surface area contributed by atoms with Crippen molar-refractivity contribution in [3.05, 3.63) is 118 Å². The first-order valence-electron chi connectivity index (χ1n) is 12.9. The van der Waals surface area contributed by atoms with E-state index < -0.39 is 28.5 Å². The number of furan rings is 1. The summed E-state index contributed by atoms with van der Waals surface area (Å²) in [7, 11) is 1.31. The molecule has 0 amide bonds. The molecule has 4 aromatic rings. The number of benzene rings is 2. The summed E-state index contributed by atoms with van der Waals surface area (Å²) in [5.74, 6) is -0.181. The number of carbonyl (C=O) groups is 2. The van der Waals surface area contributed by atoms with Crippen LogP contribution in [0, 0.1) is 17.0 Å². The summed E-state index contributed by atoms with van der Waals surface area (Å²) < 4.78 is 17.6. The number of nitro benzene ring substituents is 1. The molecule has 0 radical (unpaired) electrons. The van der Waals surface area contributed by atoms with Crippen LogP contribution in [-0.4, -0.2) is 35.1 Å². The van der Waals surface area contributed by atoms with Crippen molar-refractivity contribution in [1.82, 2.24) is 4.57 Å². The van der Waals surface area contributed by atoms with Crippen LogP contribution in [0.15, 0.2) is 80.1 Å². The Bertz CT molecular complexity index is 1950. The first-order chi connectivity index (χ1) is 20.1. The summed E-state index contributed by atoms with van der Waals surface area (Å²) in [6.07, 6.45) is 1.58. The maximum absolute atomic E-state index is 13.8. The van der Waals surface area contributed by atoms with Gasteiger partial charge in [0.1, 0.15) is 11.5 Å². The van der Waals surface area contributed by atoms with Crippen LogP contribution in [0.5, 0.6) is 0 Å². The van der Waals surface area contributed by atoms with Crippen LogP contribution in [0.25, 0.3) is 17.4 Å². The fourth-order valence-electron chi connectivity index (χ4n) is 4.70. The zero-order valence-electron chi connectivity index (χ0n) is 23.1. The van der Waals surface area contributed by atoms with E-state index in [-0.39, 0.29) is 17.9 Å². The van der Waals surface area contributed by atoms with Gasteiger partial charge in [-0.3, -0.25) is 19.5 Å². The fourth-order valence-corrected chi connectivity index (χ4v) is 5.73. The highest BCUT2D eigenvalue weighted by Gasteiger charge is 2.34. The van der Waals surface area contributed by atoms with Crippen LogP contribution in [0.1, 0.15) is 47.1 Å². The number of aromatic nitrogens is 1. The Morgan fingerprint density at radius 1 is 1.12 bits per heavy atom. The molecule has 42 heavy (non-hydrogen) atoms. The molecule has 1 aliphatic heterocycles. The van der Waals surface area contributed by atoms with Gasteiger partial charge in [0.15, 0.2) is 4.80 Å². The number of nitro groups is 1. The monoisotopic (exact) mass is 587 g/mol. The van der Waals surface area contributed by atoms with Gasteiger partial charge in [-0.1, -0.05) is 35.6 Å². The zero-order chi connectivity index (χ0) is 30.1. The van der Waals surface area contributed by atoms with Crippen molar-refractivity contribution in [3.8, 4) is 11.3 Å². The molecule has 2 aromatic heterocycles. The summed E-state index contributed by atoms with van der Waals surface area (Å²) in [6.45, 7) is 5.03. The van der Waals surface area contributed by atoms with Crippen molar-refractivity contribution in [2.45, 2.75) is 26.8 Å². The van der Waals surface area contributed by atoms with Crippen molar-refractivity contribution in [1.29, 1.82) is 0 Å². The molecular weight excluding hydrogens is 562 g/mol. The van der Waals surface area contributed by atoms with E-state index in [1.165, 1.54) is 17.7 Å². The van der Waals surface area contributed by atoms with E-state index in [9.17, 15) is 24.5 Å². The second-order valence-corrected chi connectivity index (χ2v) is 10.4. The zero-order valence-corrected chi connectivity index (χ0v) is 23.9. The number of methoxy groups -OCH3 is 1. The van der Waals surface area contributed by atoms with E-state index in [1.807, 2.05) is 0 Å². The first kappa shape index (κ1) is 28.4. The quantitative estimate of drug-likeness (QED) is 0.179. The summed E-state index contributed by atoms with van der Waals surface area (Å²) in [6, 6.07) is 13.8. The van der Waals surface area contributed by atoms with E-state index in [0.717, 1.165) is 16.9 Å². The summed E-state index contributed by atoms with van der Waals surface area (Å²) in [4.78, 5) is 54.7. The Morgan fingerprint density at radius 2 is 1.86 bits per heavy atom. The minimum Gasteiger partial charge on any atom is -0.465 e.